The zero-order valence-corrected chi connectivity index (χ0v) is 11.1. The van der Waals surface area contributed by atoms with Crippen molar-refractivity contribution in [1.29, 1.82) is 0 Å². The highest BCUT2D eigenvalue weighted by Gasteiger charge is 2.23. The van der Waals surface area contributed by atoms with Crippen LogP contribution in [-0.4, -0.2) is 54.9 Å². The Labute approximate surface area is 112 Å². The lowest BCUT2D eigenvalue weighted by Crippen LogP contribution is -2.37. The van der Waals surface area contributed by atoms with Crippen molar-refractivity contribution in [3.63, 3.8) is 0 Å². The molecular weight excluding hydrogens is 246 g/mol. The van der Waals surface area contributed by atoms with E-state index in [4.69, 9.17) is 9.47 Å². The molecule has 0 spiro atoms. The Morgan fingerprint density at radius 1 is 1.26 bits per heavy atom. The van der Waals surface area contributed by atoms with Crippen LogP contribution in [0.5, 0.6) is 6.01 Å². The van der Waals surface area contributed by atoms with Gasteiger partial charge in [0.1, 0.15) is 0 Å². The summed E-state index contributed by atoms with van der Waals surface area (Å²) >= 11 is 0. The van der Waals surface area contributed by atoms with Gasteiger partial charge in [0.15, 0.2) is 0 Å². The molecule has 19 heavy (non-hydrogen) atoms. The summed E-state index contributed by atoms with van der Waals surface area (Å²) in [4.78, 5) is 15.1. The van der Waals surface area contributed by atoms with Crippen molar-refractivity contribution in [3.8, 4) is 6.01 Å². The van der Waals surface area contributed by atoms with E-state index in [2.05, 4.69) is 25.2 Å². The average molecular weight is 265 g/mol. The Hall–Kier alpha value is -1.63. The molecule has 0 atom stereocenters. The Morgan fingerprint density at radius 2 is 2.05 bits per heavy atom. The number of anilines is 2. The largest absolute Gasteiger partial charge is 0.463 e. The predicted molar refractivity (Wildman–Crippen MR) is 70.6 cm³/mol. The summed E-state index contributed by atoms with van der Waals surface area (Å²) in [5.41, 5.74) is 0. The summed E-state index contributed by atoms with van der Waals surface area (Å²) in [6.07, 6.45) is 2.50. The maximum Gasteiger partial charge on any atom is 0.323 e. The van der Waals surface area contributed by atoms with Crippen LogP contribution in [0.3, 0.4) is 0 Å². The van der Waals surface area contributed by atoms with E-state index in [0.29, 0.717) is 43.6 Å². The first-order valence-corrected chi connectivity index (χ1v) is 6.74. The lowest BCUT2D eigenvalue weighted by Gasteiger charge is -2.26. The quantitative estimate of drug-likeness (QED) is 0.833. The van der Waals surface area contributed by atoms with E-state index in [9.17, 15) is 0 Å². The maximum atomic E-state index is 5.64. The number of morpholine rings is 1. The Bertz CT molecular complexity index is 432. The molecule has 0 bridgehead atoms. The van der Waals surface area contributed by atoms with E-state index in [1.54, 1.807) is 7.05 Å². The molecule has 2 fully saturated rings. The topological polar surface area (TPSA) is 72.4 Å². The molecule has 0 radical (unpaired) electrons. The average Bonchev–Trinajstić information content (AvgIpc) is 3.30. The third-order valence-electron chi connectivity index (χ3n) is 3.27. The molecule has 0 amide bonds. The van der Waals surface area contributed by atoms with Crippen molar-refractivity contribution >= 4 is 11.9 Å². The van der Waals surface area contributed by atoms with Crippen LogP contribution in [0.1, 0.15) is 12.8 Å². The Morgan fingerprint density at radius 3 is 2.74 bits per heavy atom. The molecule has 1 aliphatic heterocycles. The van der Waals surface area contributed by atoms with Gasteiger partial charge in [0.2, 0.25) is 11.9 Å². The first-order chi connectivity index (χ1) is 9.35. The molecule has 1 aliphatic carbocycles. The molecule has 104 valence electrons. The fourth-order valence-corrected chi connectivity index (χ4v) is 1.90. The molecule has 1 N–H and O–H groups in total. The highest BCUT2D eigenvalue weighted by Crippen LogP contribution is 2.29. The fourth-order valence-electron chi connectivity index (χ4n) is 1.90. The van der Waals surface area contributed by atoms with Crippen LogP contribution in [0.4, 0.5) is 11.9 Å². The van der Waals surface area contributed by atoms with E-state index in [1.807, 2.05) is 0 Å². The van der Waals surface area contributed by atoms with Gasteiger partial charge in [-0.2, -0.15) is 15.0 Å². The summed E-state index contributed by atoms with van der Waals surface area (Å²) in [5, 5.41) is 2.95. The van der Waals surface area contributed by atoms with Gasteiger partial charge in [-0.05, 0) is 18.8 Å². The minimum atomic E-state index is 0.410. The van der Waals surface area contributed by atoms with Crippen LogP contribution in [0, 0.1) is 5.92 Å². The summed E-state index contributed by atoms with van der Waals surface area (Å²) in [7, 11) is 1.79. The first-order valence-electron chi connectivity index (χ1n) is 6.74. The van der Waals surface area contributed by atoms with Crippen molar-refractivity contribution in [2.45, 2.75) is 12.8 Å². The van der Waals surface area contributed by atoms with Crippen LogP contribution in [0.25, 0.3) is 0 Å². The Balaban J connectivity index is 1.74. The second-order valence-corrected chi connectivity index (χ2v) is 4.85. The van der Waals surface area contributed by atoms with Gasteiger partial charge in [-0.1, -0.05) is 0 Å². The predicted octanol–water partition coefficient (Wildman–Crippen LogP) is 0.539. The second kappa shape index (κ2) is 5.56. The maximum absolute atomic E-state index is 5.64. The van der Waals surface area contributed by atoms with Crippen molar-refractivity contribution in [2.75, 3.05) is 50.2 Å². The molecule has 1 aromatic rings. The molecular formula is C12H19N5O2. The number of aromatic nitrogens is 3. The van der Waals surface area contributed by atoms with Gasteiger partial charge in [0.25, 0.3) is 0 Å². The molecule has 0 unspecified atom stereocenters. The van der Waals surface area contributed by atoms with Crippen molar-refractivity contribution in [1.82, 2.24) is 15.0 Å². The summed E-state index contributed by atoms with van der Waals surface area (Å²) in [6.45, 7) is 3.72. The highest BCUT2D eigenvalue weighted by molar-refractivity contribution is 5.38. The van der Waals surface area contributed by atoms with Crippen molar-refractivity contribution in [2.24, 2.45) is 5.92 Å². The van der Waals surface area contributed by atoms with Crippen LogP contribution >= 0.6 is 0 Å². The first kappa shape index (κ1) is 12.4. The molecule has 2 heterocycles. The zero-order chi connectivity index (χ0) is 13.1. The van der Waals surface area contributed by atoms with Crippen LogP contribution < -0.4 is 15.0 Å². The van der Waals surface area contributed by atoms with E-state index in [-0.39, 0.29) is 0 Å². The SMILES string of the molecule is CNc1nc(OCC2CC2)nc(N2CCOCC2)n1. The normalized spacial score (nSPS) is 19.3. The third kappa shape index (κ3) is 3.23. The van der Waals surface area contributed by atoms with E-state index >= 15 is 0 Å². The lowest BCUT2D eigenvalue weighted by molar-refractivity contribution is 0.122. The summed E-state index contributed by atoms with van der Waals surface area (Å²) in [5.74, 6) is 1.89. The van der Waals surface area contributed by atoms with Crippen molar-refractivity contribution < 1.29 is 9.47 Å². The second-order valence-electron chi connectivity index (χ2n) is 4.85. The molecule has 1 saturated heterocycles. The molecule has 1 aromatic heterocycles. The molecule has 2 aliphatic rings. The highest BCUT2D eigenvalue weighted by atomic mass is 16.5. The number of nitrogens with zero attached hydrogens (tertiary/aromatic N) is 4. The minimum absolute atomic E-state index is 0.410. The molecule has 7 heteroatoms. The number of hydrogen-bond donors (Lipinski definition) is 1. The van der Waals surface area contributed by atoms with Gasteiger partial charge in [0, 0.05) is 20.1 Å². The minimum Gasteiger partial charge on any atom is -0.463 e. The summed E-state index contributed by atoms with van der Waals surface area (Å²) < 4.78 is 11.0. The number of hydrogen-bond acceptors (Lipinski definition) is 7. The molecule has 0 aromatic carbocycles. The van der Waals surface area contributed by atoms with Crippen LogP contribution in [0.2, 0.25) is 0 Å². The smallest absolute Gasteiger partial charge is 0.323 e. The van der Waals surface area contributed by atoms with Gasteiger partial charge < -0.3 is 19.7 Å². The van der Waals surface area contributed by atoms with Crippen LogP contribution in [0.15, 0.2) is 0 Å². The molecule has 1 saturated carbocycles. The third-order valence-corrected chi connectivity index (χ3v) is 3.27. The molecule has 3 rings (SSSR count). The van der Waals surface area contributed by atoms with Gasteiger partial charge in [0.05, 0.1) is 19.8 Å². The summed E-state index contributed by atoms with van der Waals surface area (Å²) in [6, 6.07) is 0.410. The molecule has 7 nitrogen and oxygen atoms in total. The number of ether oxygens (including phenoxy) is 2. The number of rotatable bonds is 5. The lowest BCUT2D eigenvalue weighted by atomic mass is 10.4. The van der Waals surface area contributed by atoms with Gasteiger partial charge in [-0.15, -0.1) is 0 Å². The van der Waals surface area contributed by atoms with Gasteiger partial charge in [-0.25, -0.2) is 0 Å². The standard InChI is InChI=1S/C12H19N5O2/c1-13-10-14-11(17-4-6-18-7-5-17)16-12(15-10)19-8-9-2-3-9/h9H,2-8H2,1H3,(H,13,14,15,16). The van der Waals surface area contributed by atoms with Gasteiger partial charge in [-0.3, -0.25) is 0 Å². The Kier molecular flexibility index (Phi) is 3.63. The number of nitrogens with one attached hydrogen (secondary N) is 1. The van der Waals surface area contributed by atoms with Gasteiger partial charge >= 0.3 is 6.01 Å². The van der Waals surface area contributed by atoms with E-state index in [1.165, 1.54) is 12.8 Å². The van der Waals surface area contributed by atoms with Crippen molar-refractivity contribution in [3.05, 3.63) is 0 Å². The van der Waals surface area contributed by atoms with E-state index in [0.717, 1.165) is 13.1 Å². The van der Waals surface area contributed by atoms with E-state index < -0.39 is 0 Å². The fraction of sp³-hybridized carbons (Fsp3) is 0.750. The zero-order valence-electron chi connectivity index (χ0n) is 11.1. The van der Waals surface area contributed by atoms with Crippen LogP contribution in [-0.2, 0) is 4.74 Å². The monoisotopic (exact) mass is 265 g/mol.